The minimum atomic E-state index is -1.27. The first-order valence-corrected chi connectivity index (χ1v) is 8.35. The fourth-order valence-electron chi connectivity index (χ4n) is 2.67. The average molecular weight is 387 g/mol. The zero-order chi connectivity index (χ0) is 20.1. The smallest absolute Gasteiger partial charge is 0.341 e. The normalized spacial score (nSPS) is 10.5. The number of ether oxygens (including phenoxy) is 1. The summed E-state index contributed by atoms with van der Waals surface area (Å²) < 4.78 is 46.7. The van der Waals surface area contributed by atoms with Crippen molar-refractivity contribution < 1.29 is 27.8 Å². The van der Waals surface area contributed by atoms with Crippen LogP contribution in [0, 0.1) is 17.5 Å². The van der Waals surface area contributed by atoms with Crippen molar-refractivity contribution >= 4 is 11.7 Å². The van der Waals surface area contributed by atoms with E-state index in [1.165, 1.54) is 12.1 Å². The second-order valence-corrected chi connectivity index (χ2v) is 5.98. The predicted octanol–water partition coefficient (Wildman–Crippen LogP) is 4.85. The summed E-state index contributed by atoms with van der Waals surface area (Å²) in [5, 5.41) is 11.3. The molecule has 3 aromatic rings. The van der Waals surface area contributed by atoms with Crippen LogP contribution in [0.25, 0.3) is 11.1 Å². The molecule has 0 heterocycles. The van der Waals surface area contributed by atoms with E-state index in [1.54, 1.807) is 36.4 Å². The van der Waals surface area contributed by atoms with Crippen molar-refractivity contribution in [1.29, 1.82) is 0 Å². The quantitative estimate of drug-likeness (QED) is 0.609. The molecule has 0 amide bonds. The van der Waals surface area contributed by atoms with Crippen LogP contribution < -0.4 is 10.1 Å². The van der Waals surface area contributed by atoms with E-state index in [1.807, 2.05) is 0 Å². The van der Waals surface area contributed by atoms with Crippen LogP contribution >= 0.6 is 0 Å². The van der Waals surface area contributed by atoms with Crippen molar-refractivity contribution in [3.8, 4) is 16.9 Å². The summed E-state index contributed by atoms with van der Waals surface area (Å²) >= 11 is 0. The molecule has 0 atom stereocenters. The lowest BCUT2D eigenvalue weighted by Crippen LogP contribution is -2.11. The first-order chi connectivity index (χ1) is 13.4. The molecule has 0 fully saturated rings. The molecule has 0 aliphatic carbocycles. The van der Waals surface area contributed by atoms with E-state index in [-0.39, 0.29) is 18.1 Å². The number of nitrogens with one attached hydrogen (secondary N) is 1. The standard InChI is InChI=1S/C21H16F3NO3/c22-16-6-2-5-15(10-16)14-4-1-3-13(9-14)11-25-21-17(23)7-8-18(20(21)24)28-12-19(26)27/h1-10,25H,11-12H2,(H,26,27). The highest BCUT2D eigenvalue weighted by Crippen LogP contribution is 2.28. The molecule has 3 rings (SSSR count). The molecule has 0 saturated heterocycles. The number of hydrogen-bond acceptors (Lipinski definition) is 3. The summed E-state index contributed by atoms with van der Waals surface area (Å²) in [4.78, 5) is 10.6. The molecule has 0 aliphatic rings. The van der Waals surface area contributed by atoms with Crippen LogP contribution in [-0.4, -0.2) is 17.7 Å². The highest BCUT2D eigenvalue weighted by Gasteiger charge is 2.15. The number of carboxylic acids is 1. The minimum Gasteiger partial charge on any atom is -0.479 e. The third kappa shape index (κ3) is 4.62. The molecule has 0 radical (unpaired) electrons. The van der Waals surface area contributed by atoms with Gasteiger partial charge >= 0.3 is 5.97 Å². The SMILES string of the molecule is O=C(O)COc1ccc(F)c(NCc2cccc(-c3cccc(F)c3)c2)c1F. The van der Waals surface area contributed by atoms with Gasteiger partial charge in [0, 0.05) is 6.54 Å². The molecule has 28 heavy (non-hydrogen) atoms. The van der Waals surface area contributed by atoms with E-state index >= 15 is 0 Å². The largest absolute Gasteiger partial charge is 0.479 e. The Kier molecular flexibility index (Phi) is 5.84. The van der Waals surface area contributed by atoms with Gasteiger partial charge in [-0.3, -0.25) is 0 Å². The zero-order valence-electron chi connectivity index (χ0n) is 14.6. The molecule has 0 spiro atoms. The van der Waals surface area contributed by atoms with E-state index in [0.717, 1.165) is 23.3 Å². The van der Waals surface area contributed by atoms with Gasteiger partial charge in [0.25, 0.3) is 0 Å². The fraction of sp³-hybridized carbons (Fsp3) is 0.0952. The lowest BCUT2D eigenvalue weighted by molar-refractivity contribution is -0.139. The van der Waals surface area contributed by atoms with Gasteiger partial charge < -0.3 is 15.2 Å². The third-order valence-electron chi connectivity index (χ3n) is 3.96. The molecule has 0 aliphatic heterocycles. The molecule has 2 N–H and O–H groups in total. The molecule has 3 aromatic carbocycles. The van der Waals surface area contributed by atoms with Crippen molar-refractivity contribution in [1.82, 2.24) is 0 Å². The van der Waals surface area contributed by atoms with Crippen LogP contribution in [-0.2, 0) is 11.3 Å². The Morgan fingerprint density at radius 3 is 2.39 bits per heavy atom. The molecule has 7 heteroatoms. The summed E-state index contributed by atoms with van der Waals surface area (Å²) in [6, 6.07) is 15.2. The maximum absolute atomic E-state index is 14.4. The number of carboxylic acid groups (broad SMARTS) is 1. The van der Waals surface area contributed by atoms with E-state index in [2.05, 4.69) is 5.32 Å². The van der Waals surface area contributed by atoms with Crippen LogP contribution in [0.2, 0.25) is 0 Å². The summed E-state index contributed by atoms with van der Waals surface area (Å²) in [5.74, 6) is -3.83. The number of halogens is 3. The number of benzene rings is 3. The van der Waals surface area contributed by atoms with Gasteiger partial charge in [0.15, 0.2) is 18.2 Å². The zero-order valence-corrected chi connectivity index (χ0v) is 14.6. The molecule has 4 nitrogen and oxygen atoms in total. The van der Waals surface area contributed by atoms with Gasteiger partial charge in [-0.05, 0) is 47.0 Å². The second kappa shape index (κ2) is 8.47. The second-order valence-electron chi connectivity index (χ2n) is 5.98. The van der Waals surface area contributed by atoms with E-state index in [4.69, 9.17) is 9.84 Å². The van der Waals surface area contributed by atoms with Gasteiger partial charge in [-0.2, -0.15) is 0 Å². The molecule has 144 valence electrons. The van der Waals surface area contributed by atoms with Crippen molar-refractivity contribution in [2.45, 2.75) is 6.54 Å². The van der Waals surface area contributed by atoms with Gasteiger partial charge in [0.05, 0.1) is 0 Å². The molecule has 0 aromatic heterocycles. The molecular formula is C21H16F3NO3. The van der Waals surface area contributed by atoms with Crippen LogP contribution in [0.3, 0.4) is 0 Å². The first-order valence-electron chi connectivity index (χ1n) is 8.35. The van der Waals surface area contributed by atoms with Gasteiger partial charge in [-0.1, -0.05) is 30.3 Å². The van der Waals surface area contributed by atoms with E-state index in [0.29, 0.717) is 5.56 Å². The van der Waals surface area contributed by atoms with E-state index in [9.17, 15) is 18.0 Å². The fourth-order valence-corrected chi connectivity index (χ4v) is 2.67. The lowest BCUT2D eigenvalue weighted by atomic mass is 10.0. The summed E-state index contributed by atoms with van der Waals surface area (Å²) in [5.41, 5.74) is 1.75. The minimum absolute atomic E-state index is 0.0966. The van der Waals surface area contributed by atoms with E-state index < -0.39 is 29.9 Å². The van der Waals surface area contributed by atoms with Gasteiger partial charge in [0.1, 0.15) is 17.3 Å². The summed E-state index contributed by atoms with van der Waals surface area (Å²) in [6.45, 7) is -0.642. The van der Waals surface area contributed by atoms with Crippen LogP contribution in [0.4, 0.5) is 18.9 Å². The Morgan fingerprint density at radius 1 is 0.964 bits per heavy atom. The van der Waals surface area contributed by atoms with Crippen LogP contribution in [0.1, 0.15) is 5.56 Å². The van der Waals surface area contributed by atoms with Gasteiger partial charge in [0.2, 0.25) is 0 Å². The first kappa shape index (κ1) is 19.3. The number of anilines is 1. The Hall–Kier alpha value is -3.48. The van der Waals surface area contributed by atoms with Crippen molar-refractivity contribution in [3.63, 3.8) is 0 Å². The predicted molar refractivity (Wildman–Crippen MR) is 98.7 cm³/mol. The van der Waals surface area contributed by atoms with Gasteiger partial charge in [-0.15, -0.1) is 0 Å². The maximum atomic E-state index is 14.4. The topological polar surface area (TPSA) is 58.6 Å². The maximum Gasteiger partial charge on any atom is 0.341 e. The summed E-state index contributed by atoms with van der Waals surface area (Å²) in [6.07, 6.45) is 0. The Bertz CT molecular complexity index is 1010. The third-order valence-corrected chi connectivity index (χ3v) is 3.96. The van der Waals surface area contributed by atoms with Crippen LogP contribution in [0.15, 0.2) is 60.7 Å². The molecule has 0 unspecified atom stereocenters. The van der Waals surface area contributed by atoms with Gasteiger partial charge in [-0.25, -0.2) is 18.0 Å². The van der Waals surface area contributed by atoms with Crippen LogP contribution in [0.5, 0.6) is 5.75 Å². The number of hydrogen-bond donors (Lipinski definition) is 2. The Morgan fingerprint density at radius 2 is 1.68 bits per heavy atom. The number of carbonyl (C=O) groups is 1. The molecule has 0 saturated carbocycles. The highest BCUT2D eigenvalue weighted by molar-refractivity contribution is 5.68. The lowest BCUT2D eigenvalue weighted by Gasteiger charge is -2.13. The summed E-state index contributed by atoms with van der Waals surface area (Å²) in [7, 11) is 0. The molecular weight excluding hydrogens is 371 g/mol. The highest BCUT2D eigenvalue weighted by atomic mass is 19.1. The van der Waals surface area contributed by atoms with Crippen molar-refractivity contribution in [2.24, 2.45) is 0 Å². The number of rotatable bonds is 7. The van der Waals surface area contributed by atoms with Crippen molar-refractivity contribution in [2.75, 3.05) is 11.9 Å². The van der Waals surface area contributed by atoms with Crippen molar-refractivity contribution in [3.05, 3.63) is 83.7 Å². The number of aliphatic carboxylic acids is 1. The molecule has 0 bridgehead atoms. The average Bonchev–Trinajstić information content (AvgIpc) is 2.67. The Labute approximate surface area is 159 Å². The Balaban J connectivity index is 1.78. The monoisotopic (exact) mass is 387 g/mol.